The molecule has 2 nitrogen and oxygen atoms in total. The van der Waals surface area contributed by atoms with Gasteiger partial charge >= 0.3 is 0 Å². The molecule has 0 bridgehead atoms. The molecule has 116 valence electrons. The maximum absolute atomic E-state index is 6.65. The van der Waals surface area contributed by atoms with E-state index in [0.29, 0.717) is 12.0 Å². The van der Waals surface area contributed by atoms with E-state index in [9.17, 15) is 0 Å². The van der Waals surface area contributed by atoms with Gasteiger partial charge in [0.05, 0.1) is 0 Å². The van der Waals surface area contributed by atoms with Gasteiger partial charge in [-0.05, 0) is 62.1 Å². The van der Waals surface area contributed by atoms with Crippen LogP contribution in [0.5, 0.6) is 0 Å². The van der Waals surface area contributed by atoms with Crippen LogP contribution in [-0.4, -0.2) is 24.0 Å². The van der Waals surface area contributed by atoms with Crippen LogP contribution < -0.4 is 5.73 Å². The lowest BCUT2D eigenvalue weighted by molar-refractivity contribution is 0.0938. The third-order valence-electron chi connectivity index (χ3n) is 5.98. The molecule has 21 heavy (non-hydrogen) atoms. The van der Waals surface area contributed by atoms with Crippen LogP contribution >= 0.6 is 0 Å². The third kappa shape index (κ3) is 2.89. The van der Waals surface area contributed by atoms with Crippen LogP contribution in [0.4, 0.5) is 0 Å². The van der Waals surface area contributed by atoms with Gasteiger partial charge in [0.1, 0.15) is 0 Å². The first-order chi connectivity index (χ1) is 10.1. The van der Waals surface area contributed by atoms with Gasteiger partial charge in [-0.2, -0.15) is 0 Å². The fraction of sp³-hybridized carbons (Fsp3) is 0.684. The number of likely N-dealkylation sites (N-methyl/N-ethyl adjacent to an activating group) is 1. The Morgan fingerprint density at radius 1 is 1.00 bits per heavy atom. The average Bonchev–Trinajstić information content (AvgIpc) is 2.51. The fourth-order valence-electron chi connectivity index (χ4n) is 4.45. The third-order valence-corrected chi connectivity index (χ3v) is 5.98. The number of hydrogen-bond donors (Lipinski definition) is 1. The largest absolute Gasteiger partial charge is 0.323 e. The van der Waals surface area contributed by atoms with Crippen LogP contribution in [0.15, 0.2) is 24.3 Å². The van der Waals surface area contributed by atoms with E-state index in [1.807, 2.05) is 0 Å². The summed E-state index contributed by atoms with van der Waals surface area (Å²) in [6.45, 7) is 4.75. The average molecular weight is 286 g/mol. The van der Waals surface area contributed by atoms with Gasteiger partial charge in [-0.25, -0.2) is 0 Å². The Bertz CT molecular complexity index is 476. The Labute approximate surface area is 129 Å². The van der Waals surface area contributed by atoms with Crippen molar-refractivity contribution in [2.24, 2.45) is 11.7 Å². The Kier molecular flexibility index (Phi) is 4.37. The van der Waals surface area contributed by atoms with Gasteiger partial charge in [0, 0.05) is 18.1 Å². The van der Waals surface area contributed by atoms with E-state index in [4.69, 9.17) is 5.73 Å². The summed E-state index contributed by atoms with van der Waals surface area (Å²) in [5, 5.41) is 0. The number of hydrogen-bond acceptors (Lipinski definition) is 2. The van der Waals surface area contributed by atoms with Crippen LogP contribution in [0.2, 0.25) is 0 Å². The molecule has 0 aromatic heterocycles. The lowest BCUT2D eigenvalue weighted by atomic mass is 9.76. The second-order valence-corrected chi connectivity index (χ2v) is 7.44. The quantitative estimate of drug-likeness (QED) is 0.888. The summed E-state index contributed by atoms with van der Waals surface area (Å²) in [6.07, 6.45) is 6.64. The summed E-state index contributed by atoms with van der Waals surface area (Å²) in [7, 11) is 2.31. The van der Waals surface area contributed by atoms with Crippen LogP contribution in [0.3, 0.4) is 0 Å². The predicted octanol–water partition coefficient (Wildman–Crippen LogP) is 4.07. The molecule has 1 saturated carbocycles. The summed E-state index contributed by atoms with van der Waals surface area (Å²) >= 11 is 0. The highest BCUT2D eigenvalue weighted by Gasteiger charge is 2.36. The number of nitrogens with two attached hydrogens (primary N) is 1. The van der Waals surface area contributed by atoms with Crippen molar-refractivity contribution in [3.8, 4) is 0 Å². The molecule has 0 aliphatic heterocycles. The maximum Gasteiger partial charge on any atom is 0.0456 e. The van der Waals surface area contributed by atoms with Gasteiger partial charge in [-0.1, -0.05) is 38.1 Å². The molecule has 0 radical (unpaired) electrons. The molecule has 2 N–H and O–H groups in total. The van der Waals surface area contributed by atoms with E-state index in [0.717, 1.165) is 12.0 Å². The molecule has 3 rings (SSSR count). The first-order valence-corrected chi connectivity index (χ1v) is 8.64. The standard InChI is InChI=1S/C19H30N2/c1-13-8-10-15(11-9-13)21(3)18-12-14(2)16-6-4-5-7-17(16)19(18)20/h4-7,13-15,18-19H,8-12,20H2,1-3H3. The molecule has 2 aliphatic carbocycles. The van der Waals surface area contributed by atoms with Gasteiger partial charge in [0.25, 0.3) is 0 Å². The molecule has 1 aromatic rings. The van der Waals surface area contributed by atoms with Gasteiger partial charge in [-0.15, -0.1) is 0 Å². The molecule has 0 spiro atoms. The van der Waals surface area contributed by atoms with Gasteiger partial charge in [-0.3, -0.25) is 4.90 Å². The molecule has 0 heterocycles. The molecule has 3 atom stereocenters. The number of rotatable bonds is 2. The smallest absolute Gasteiger partial charge is 0.0456 e. The summed E-state index contributed by atoms with van der Waals surface area (Å²) in [4.78, 5) is 2.61. The van der Waals surface area contributed by atoms with Crippen molar-refractivity contribution in [2.45, 2.75) is 70.0 Å². The molecular weight excluding hydrogens is 256 g/mol. The highest BCUT2D eigenvalue weighted by molar-refractivity contribution is 5.36. The number of fused-ring (bicyclic) bond motifs is 1. The SMILES string of the molecule is CC1CCC(N(C)C2CC(C)c3ccccc3C2N)CC1. The van der Waals surface area contributed by atoms with Crippen molar-refractivity contribution in [3.05, 3.63) is 35.4 Å². The van der Waals surface area contributed by atoms with Gasteiger partial charge in [0.15, 0.2) is 0 Å². The van der Waals surface area contributed by atoms with E-state index < -0.39 is 0 Å². The maximum atomic E-state index is 6.65. The van der Waals surface area contributed by atoms with E-state index in [2.05, 4.69) is 50.1 Å². The molecule has 1 aromatic carbocycles. The van der Waals surface area contributed by atoms with Crippen molar-refractivity contribution in [1.29, 1.82) is 0 Å². The lowest BCUT2D eigenvalue weighted by Crippen LogP contribution is -2.49. The highest BCUT2D eigenvalue weighted by atomic mass is 15.2. The van der Waals surface area contributed by atoms with Crippen molar-refractivity contribution in [1.82, 2.24) is 4.90 Å². The second kappa shape index (κ2) is 6.10. The summed E-state index contributed by atoms with van der Waals surface area (Å²) in [5.74, 6) is 1.53. The van der Waals surface area contributed by atoms with Crippen molar-refractivity contribution >= 4 is 0 Å². The zero-order valence-electron chi connectivity index (χ0n) is 13.8. The van der Waals surface area contributed by atoms with Crippen molar-refractivity contribution < 1.29 is 0 Å². The molecular formula is C19H30N2. The first-order valence-electron chi connectivity index (χ1n) is 8.64. The Hall–Kier alpha value is -0.860. The fourth-order valence-corrected chi connectivity index (χ4v) is 4.45. The topological polar surface area (TPSA) is 29.3 Å². The number of nitrogens with zero attached hydrogens (tertiary/aromatic N) is 1. The molecule has 0 amide bonds. The Morgan fingerprint density at radius 3 is 2.29 bits per heavy atom. The molecule has 3 unspecified atom stereocenters. The van der Waals surface area contributed by atoms with E-state index in [-0.39, 0.29) is 6.04 Å². The van der Waals surface area contributed by atoms with Crippen LogP contribution in [0.1, 0.15) is 69.0 Å². The van der Waals surface area contributed by atoms with Gasteiger partial charge in [0.2, 0.25) is 0 Å². The van der Waals surface area contributed by atoms with Crippen LogP contribution in [0.25, 0.3) is 0 Å². The number of benzene rings is 1. The highest BCUT2D eigenvalue weighted by Crippen LogP contribution is 2.40. The predicted molar refractivity (Wildman–Crippen MR) is 89.4 cm³/mol. The second-order valence-electron chi connectivity index (χ2n) is 7.44. The minimum absolute atomic E-state index is 0.168. The lowest BCUT2D eigenvalue weighted by Gasteiger charge is -2.45. The normalized spacial score (nSPS) is 36.5. The summed E-state index contributed by atoms with van der Waals surface area (Å²) < 4.78 is 0. The zero-order valence-corrected chi connectivity index (χ0v) is 13.8. The van der Waals surface area contributed by atoms with Crippen LogP contribution in [0, 0.1) is 5.92 Å². The Balaban J connectivity index is 1.77. The van der Waals surface area contributed by atoms with E-state index in [1.54, 1.807) is 0 Å². The monoisotopic (exact) mass is 286 g/mol. The molecule has 2 heteroatoms. The van der Waals surface area contributed by atoms with Crippen molar-refractivity contribution in [2.75, 3.05) is 7.05 Å². The van der Waals surface area contributed by atoms with Crippen LogP contribution in [-0.2, 0) is 0 Å². The zero-order chi connectivity index (χ0) is 15.0. The minimum Gasteiger partial charge on any atom is -0.323 e. The summed E-state index contributed by atoms with van der Waals surface area (Å²) in [6, 6.07) is 10.2. The summed E-state index contributed by atoms with van der Waals surface area (Å²) in [5.41, 5.74) is 9.48. The molecule has 0 saturated heterocycles. The van der Waals surface area contributed by atoms with E-state index in [1.165, 1.54) is 43.2 Å². The van der Waals surface area contributed by atoms with Crippen molar-refractivity contribution in [3.63, 3.8) is 0 Å². The molecule has 2 aliphatic rings. The van der Waals surface area contributed by atoms with E-state index >= 15 is 0 Å². The molecule has 1 fully saturated rings. The van der Waals surface area contributed by atoms with Gasteiger partial charge < -0.3 is 5.73 Å². The minimum atomic E-state index is 0.168. The Morgan fingerprint density at radius 2 is 1.62 bits per heavy atom. The first kappa shape index (κ1) is 15.1.